The van der Waals surface area contributed by atoms with Gasteiger partial charge in [0.1, 0.15) is 6.42 Å². The Labute approximate surface area is 92.4 Å². The van der Waals surface area contributed by atoms with Gasteiger partial charge < -0.3 is 5.11 Å². The average molecular weight is 257 g/mol. The van der Waals surface area contributed by atoms with Crippen LogP contribution in [0.15, 0.2) is 12.1 Å². The number of alkyl halides is 2. The van der Waals surface area contributed by atoms with Crippen molar-refractivity contribution < 1.29 is 27.5 Å². The molecule has 0 saturated heterocycles. The smallest absolute Gasteiger partial charge is 0.309 e. The summed E-state index contributed by atoms with van der Waals surface area (Å²) < 4.78 is 51.8. The van der Waals surface area contributed by atoms with Gasteiger partial charge in [-0.15, -0.1) is 0 Å². The molecule has 0 aliphatic rings. The van der Waals surface area contributed by atoms with Crippen molar-refractivity contribution >= 4 is 17.6 Å². The Morgan fingerprint density at radius 2 is 1.81 bits per heavy atom. The van der Waals surface area contributed by atoms with Crippen molar-refractivity contribution in [2.24, 2.45) is 0 Å². The molecule has 0 radical (unpaired) electrons. The van der Waals surface area contributed by atoms with Crippen LogP contribution in [0.2, 0.25) is 5.02 Å². The zero-order valence-corrected chi connectivity index (χ0v) is 8.36. The number of carboxylic acid groups (broad SMARTS) is 1. The van der Waals surface area contributed by atoms with Gasteiger partial charge in [-0.25, -0.2) is 17.6 Å². The predicted octanol–water partition coefficient (Wildman–Crippen LogP) is 3.18. The molecule has 88 valence electrons. The van der Waals surface area contributed by atoms with Gasteiger partial charge in [0.25, 0.3) is 5.92 Å². The second-order valence-corrected chi connectivity index (χ2v) is 3.43. The zero-order valence-electron chi connectivity index (χ0n) is 7.61. The van der Waals surface area contributed by atoms with Crippen molar-refractivity contribution in [3.8, 4) is 0 Å². The van der Waals surface area contributed by atoms with E-state index in [4.69, 9.17) is 16.7 Å². The van der Waals surface area contributed by atoms with Crippen LogP contribution in [0.25, 0.3) is 0 Å². The fraction of sp³-hybridized carbons (Fsp3) is 0.222. The Kier molecular flexibility index (Phi) is 3.42. The first-order chi connectivity index (χ1) is 7.24. The van der Waals surface area contributed by atoms with E-state index in [1.165, 1.54) is 0 Å². The van der Waals surface area contributed by atoms with E-state index in [0.29, 0.717) is 6.07 Å². The van der Waals surface area contributed by atoms with Crippen LogP contribution in [-0.4, -0.2) is 11.1 Å². The summed E-state index contributed by atoms with van der Waals surface area (Å²) in [5, 5.41) is 7.52. The van der Waals surface area contributed by atoms with Gasteiger partial charge in [0.05, 0.1) is 5.02 Å². The maximum Gasteiger partial charge on any atom is 0.309 e. The lowest BCUT2D eigenvalue weighted by molar-refractivity contribution is -0.145. The molecule has 1 N–H and O–H groups in total. The minimum absolute atomic E-state index is 0.195. The number of rotatable bonds is 3. The predicted molar refractivity (Wildman–Crippen MR) is 47.5 cm³/mol. The van der Waals surface area contributed by atoms with Crippen LogP contribution in [0.3, 0.4) is 0 Å². The monoisotopic (exact) mass is 256 g/mol. The molecule has 2 nitrogen and oxygen atoms in total. The molecule has 1 aromatic rings. The van der Waals surface area contributed by atoms with E-state index in [9.17, 15) is 22.4 Å². The van der Waals surface area contributed by atoms with Crippen LogP contribution < -0.4 is 0 Å². The summed E-state index contributed by atoms with van der Waals surface area (Å²) in [4.78, 5) is 10.2. The van der Waals surface area contributed by atoms with Gasteiger partial charge in [-0.1, -0.05) is 11.6 Å². The maximum atomic E-state index is 13.2. The average Bonchev–Trinajstić information content (AvgIpc) is 2.08. The summed E-state index contributed by atoms with van der Waals surface area (Å²) >= 11 is 5.29. The molecule has 0 aliphatic heterocycles. The van der Waals surface area contributed by atoms with Crippen LogP contribution in [0.4, 0.5) is 17.6 Å². The molecular formula is C9H5ClF4O2. The van der Waals surface area contributed by atoms with Crippen LogP contribution in [0, 0.1) is 11.6 Å². The number of carbonyl (C=O) groups is 1. The number of benzene rings is 1. The topological polar surface area (TPSA) is 37.3 Å². The van der Waals surface area contributed by atoms with Crippen molar-refractivity contribution in [2.75, 3.05) is 0 Å². The lowest BCUT2D eigenvalue weighted by Gasteiger charge is -2.16. The third kappa shape index (κ3) is 2.63. The molecule has 0 spiro atoms. The van der Waals surface area contributed by atoms with Gasteiger partial charge in [-0.2, -0.15) is 0 Å². The highest BCUT2D eigenvalue weighted by Gasteiger charge is 2.37. The molecule has 16 heavy (non-hydrogen) atoms. The van der Waals surface area contributed by atoms with Crippen molar-refractivity contribution in [3.63, 3.8) is 0 Å². The normalized spacial score (nSPS) is 11.6. The third-order valence-corrected chi connectivity index (χ3v) is 2.09. The molecule has 1 aromatic carbocycles. The first kappa shape index (κ1) is 12.8. The molecule has 7 heteroatoms. The van der Waals surface area contributed by atoms with Gasteiger partial charge >= 0.3 is 5.97 Å². The molecule has 1 rings (SSSR count). The first-order valence-corrected chi connectivity index (χ1v) is 4.36. The summed E-state index contributed by atoms with van der Waals surface area (Å²) in [5.41, 5.74) is -1.05. The minimum atomic E-state index is -3.85. The van der Waals surface area contributed by atoms with Crippen molar-refractivity contribution in [3.05, 3.63) is 34.4 Å². The van der Waals surface area contributed by atoms with Crippen LogP contribution in [0.5, 0.6) is 0 Å². The molecule has 0 fully saturated rings. The lowest BCUT2D eigenvalue weighted by Crippen LogP contribution is -2.19. The second kappa shape index (κ2) is 4.29. The molecule has 0 unspecified atom stereocenters. The van der Waals surface area contributed by atoms with Crippen molar-refractivity contribution in [1.82, 2.24) is 0 Å². The standard InChI is InChI=1S/C9H5ClF4O2/c10-5-2-7(12)6(11)1-4(5)9(13,14)3-8(15)16/h1-2H,3H2,(H,15,16). The Morgan fingerprint density at radius 3 is 2.31 bits per heavy atom. The van der Waals surface area contributed by atoms with Crippen molar-refractivity contribution in [1.29, 1.82) is 0 Å². The highest BCUT2D eigenvalue weighted by Crippen LogP contribution is 2.37. The second-order valence-electron chi connectivity index (χ2n) is 3.02. The molecule has 0 amide bonds. The van der Waals surface area contributed by atoms with Gasteiger partial charge in [0.2, 0.25) is 0 Å². The zero-order chi connectivity index (χ0) is 12.5. The molecule has 0 saturated carbocycles. The fourth-order valence-corrected chi connectivity index (χ4v) is 1.38. The Morgan fingerprint density at radius 1 is 1.31 bits per heavy atom. The summed E-state index contributed by atoms with van der Waals surface area (Å²) in [6.07, 6.45) is -1.54. The number of hydrogen-bond donors (Lipinski definition) is 1. The minimum Gasteiger partial charge on any atom is -0.481 e. The van der Waals surface area contributed by atoms with Gasteiger partial charge in [0.15, 0.2) is 11.6 Å². The summed E-state index contributed by atoms with van der Waals surface area (Å²) in [6.45, 7) is 0. The van der Waals surface area contributed by atoms with E-state index < -0.39 is 40.5 Å². The highest BCUT2D eigenvalue weighted by molar-refractivity contribution is 6.31. The van der Waals surface area contributed by atoms with E-state index in [-0.39, 0.29) is 6.07 Å². The molecule has 0 aromatic heterocycles. The number of aliphatic carboxylic acids is 1. The lowest BCUT2D eigenvalue weighted by atomic mass is 10.1. The Hall–Kier alpha value is -1.30. The SMILES string of the molecule is O=C(O)CC(F)(F)c1cc(F)c(F)cc1Cl. The highest BCUT2D eigenvalue weighted by atomic mass is 35.5. The van der Waals surface area contributed by atoms with Crippen LogP contribution in [-0.2, 0) is 10.7 Å². The van der Waals surface area contributed by atoms with E-state index >= 15 is 0 Å². The first-order valence-electron chi connectivity index (χ1n) is 3.98. The van der Waals surface area contributed by atoms with E-state index in [1.807, 2.05) is 0 Å². The molecular weight excluding hydrogens is 252 g/mol. The quantitative estimate of drug-likeness (QED) is 0.666. The number of carboxylic acids is 1. The maximum absolute atomic E-state index is 13.2. The largest absolute Gasteiger partial charge is 0.481 e. The van der Waals surface area contributed by atoms with Crippen LogP contribution >= 0.6 is 11.6 Å². The number of halogens is 5. The molecule has 0 heterocycles. The van der Waals surface area contributed by atoms with Gasteiger partial charge in [-0.3, -0.25) is 4.79 Å². The summed E-state index contributed by atoms with van der Waals surface area (Å²) in [7, 11) is 0. The van der Waals surface area contributed by atoms with E-state index in [2.05, 4.69) is 0 Å². The van der Waals surface area contributed by atoms with Gasteiger partial charge in [-0.05, 0) is 12.1 Å². The molecule has 0 aliphatic carbocycles. The Balaban J connectivity index is 3.22. The number of hydrogen-bond acceptors (Lipinski definition) is 1. The fourth-order valence-electron chi connectivity index (χ4n) is 1.09. The summed E-state index contributed by atoms with van der Waals surface area (Å²) in [6, 6.07) is 0.572. The van der Waals surface area contributed by atoms with E-state index in [0.717, 1.165) is 0 Å². The molecule has 0 atom stereocenters. The summed E-state index contributed by atoms with van der Waals surface area (Å²) in [5.74, 6) is -8.51. The van der Waals surface area contributed by atoms with Crippen LogP contribution in [0.1, 0.15) is 12.0 Å². The third-order valence-electron chi connectivity index (χ3n) is 1.78. The van der Waals surface area contributed by atoms with Crippen molar-refractivity contribution in [2.45, 2.75) is 12.3 Å². The van der Waals surface area contributed by atoms with Gasteiger partial charge in [0, 0.05) is 5.56 Å². The Bertz CT molecular complexity index is 434. The van der Waals surface area contributed by atoms with E-state index in [1.54, 1.807) is 0 Å². The molecule has 0 bridgehead atoms.